The van der Waals surface area contributed by atoms with Gasteiger partial charge in [-0.2, -0.15) is 11.8 Å². The van der Waals surface area contributed by atoms with Crippen LogP contribution in [-0.4, -0.2) is 40.0 Å². The Morgan fingerprint density at radius 3 is 2.79 bits per heavy atom. The highest BCUT2D eigenvalue weighted by Crippen LogP contribution is 2.11. The molecule has 0 aliphatic heterocycles. The minimum Gasteiger partial charge on any atom is -0.339 e. The highest BCUT2D eigenvalue weighted by molar-refractivity contribution is 7.99. The van der Waals surface area contributed by atoms with Crippen molar-refractivity contribution < 1.29 is 4.79 Å². The zero-order valence-electron chi connectivity index (χ0n) is 12.0. The molecular formula is C14H22N2O2S. The van der Waals surface area contributed by atoms with E-state index in [1.807, 2.05) is 18.7 Å². The van der Waals surface area contributed by atoms with E-state index in [4.69, 9.17) is 0 Å². The Morgan fingerprint density at radius 1 is 1.53 bits per heavy atom. The third-order valence-electron chi connectivity index (χ3n) is 3.22. The Hall–Kier alpha value is -1.23. The van der Waals surface area contributed by atoms with E-state index >= 15 is 0 Å². The van der Waals surface area contributed by atoms with Crippen LogP contribution in [0.4, 0.5) is 0 Å². The van der Waals surface area contributed by atoms with E-state index in [-0.39, 0.29) is 17.5 Å². The number of nitrogens with zero attached hydrogens (tertiary/aromatic N) is 2. The first-order valence-corrected chi connectivity index (χ1v) is 7.64. The second-order valence-corrected chi connectivity index (χ2v) is 6.01. The van der Waals surface area contributed by atoms with Crippen molar-refractivity contribution >= 4 is 17.7 Å². The number of pyridine rings is 1. The van der Waals surface area contributed by atoms with Crippen molar-refractivity contribution in [1.82, 2.24) is 9.47 Å². The summed E-state index contributed by atoms with van der Waals surface area (Å²) in [6, 6.07) is 3.26. The van der Waals surface area contributed by atoms with Crippen LogP contribution in [0.2, 0.25) is 0 Å². The summed E-state index contributed by atoms with van der Waals surface area (Å²) in [7, 11) is 3.46. The molecule has 1 atom stereocenters. The van der Waals surface area contributed by atoms with E-state index in [1.54, 1.807) is 31.3 Å². The lowest BCUT2D eigenvalue weighted by Crippen LogP contribution is -2.36. The van der Waals surface area contributed by atoms with Crippen molar-refractivity contribution in [2.45, 2.75) is 26.3 Å². The number of carbonyl (C=O) groups excluding carboxylic acids is 1. The van der Waals surface area contributed by atoms with Gasteiger partial charge in [0.15, 0.2) is 0 Å². The molecule has 5 heteroatoms. The lowest BCUT2D eigenvalue weighted by molar-refractivity contribution is 0.0741. The maximum Gasteiger partial charge on any atom is 0.254 e. The number of rotatable bonds is 6. The van der Waals surface area contributed by atoms with E-state index < -0.39 is 0 Å². The van der Waals surface area contributed by atoms with Gasteiger partial charge in [-0.1, -0.05) is 6.92 Å². The first-order chi connectivity index (χ1) is 8.97. The van der Waals surface area contributed by atoms with Crippen LogP contribution in [0.15, 0.2) is 23.1 Å². The fourth-order valence-corrected chi connectivity index (χ4v) is 2.47. The van der Waals surface area contributed by atoms with Gasteiger partial charge in [0.05, 0.1) is 0 Å². The topological polar surface area (TPSA) is 42.3 Å². The van der Waals surface area contributed by atoms with Crippen molar-refractivity contribution in [3.05, 3.63) is 34.2 Å². The summed E-state index contributed by atoms with van der Waals surface area (Å²) in [5, 5.41) is 0. The minimum absolute atomic E-state index is 0.0910. The van der Waals surface area contributed by atoms with Gasteiger partial charge >= 0.3 is 0 Å². The minimum atomic E-state index is -0.159. The van der Waals surface area contributed by atoms with Crippen LogP contribution in [0.25, 0.3) is 0 Å². The molecule has 1 aromatic heterocycles. The fourth-order valence-electron chi connectivity index (χ4n) is 1.68. The van der Waals surface area contributed by atoms with Crippen LogP contribution in [0, 0.1) is 0 Å². The van der Waals surface area contributed by atoms with E-state index in [1.165, 1.54) is 10.6 Å². The van der Waals surface area contributed by atoms with E-state index in [9.17, 15) is 9.59 Å². The fraction of sp³-hybridized carbons (Fsp3) is 0.571. The van der Waals surface area contributed by atoms with Crippen LogP contribution in [0.3, 0.4) is 0 Å². The third-order valence-corrected chi connectivity index (χ3v) is 4.15. The summed E-state index contributed by atoms with van der Waals surface area (Å²) >= 11 is 1.87. The summed E-state index contributed by atoms with van der Waals surface area (Å²) in [5.74, 6) is 2.05. The molecule has 1 heterocycles. The van der Waals surface area contributed by atoms with Crippen molar-refractivity contribution in [2.75, 3.05) is 18.6 Å². The van der Waals surface area contributed by atoms with Gasteiger partial charge in [0.2, 0.25) is 0 Å². The van der Waals surface area contributed by atoms with Gasteiger partial charge in [-0.3, -0.25) is 9.59 Å². The largest absolute Gasteiger partial charge is 0.339 e. The Labute approximate surface area is 118 Å². The van der Waals surface area contributed by atoms with Crippen LogP contribution in [0.1, 0.15) is 30.6 Å². The standard InChI is InChI=1S/C14H22N2O2S/c1-5-19-9-7-11(2)16(4)14(18)12-6-8-15(3)13(17)10-12/h6,8,10-11H,5,7,9H2,1-4H3/t11-/m1/s1. The van der Waals surface area contributed by atoms with Crippen molar-refractivity contribution in [3.8, 4) is 0 Å². The molecule has 0 aliphatic rings. The summed E-state index contributed by atoms with van der Waals surface area (Å²) < 4.78 is 1.46. The van der Waals surface area contributed by atoms with Gasteiger partial charge in [-0.05, 0) is 30.9 Å². The van der Waals surface area contributed by atoms with Gasteiger partial charge in [0, 0.05) is 38.0 Å². The first kappa shape index (κ1) is 15.8. The smallest absolute Gasteiger partial charge is 0.254 e. The molecule has 1 rings (SSSR count). The molecule has 0 radical (unpaired) electrons. The van der Waals surface area contributed by atoms with Gasteiger partial charge < -0.3 is 9.47 Å². The predicted octanol–water partition coefficient (Wildman–Crippen LogP) is 1.99. The van der Waals surface area contributed by atoms with Gasteiger partial charge in [-0.15, -0.1) is 0 Å². The maximum absolute atomic E-state index is 12.3. The molecule has 0 fully saturated rings. The molecule has 0 bridgehead atoms. The summed E-state index contributed by atoms with van der Waals surface area (Å²) in [5.41, 5.74) is 0.300. The monoisotopic (exact) mass is 282 g/mol. The van der Waals surface area contributed by atoms with Gasteiger partial charge in [0.1, 0.15) is 0 Å². The molecule has 0 N–H and O–H groups in total. The lowest BCUT2D eigenvalue weighted by atomic mass is 10.2. The number of thioether (sulfide) groups is 1. The Morgan fingerprint density at radius 2 is 2.21 bits per heavy atom. The molecule has 1 amide bonds. The number of amides is 1. The Kier molecular flexibility index (Phi) is 6.15. The number of carbonyl (C=O) groups is 1. The van der Waals surface area contributed by atoms with Crippen molar-refractivity contribution in [2.24, 2.45) is 7.05 Å². The zero-order chi connectivity index (χ0) is 14.4. The highest BCUT2D eigenvalue weighted by Gasteiger charge is 2.17. The summed E-state index contributed by atoms with van der Waals surface area (Å²) in [4.78, 5) is 25.5. The highest BCUT2D eigenvalue weighted by atomic mass is 32.2. The van der Waals surface area contributed by atoms with Crippen LogP contribution >= 0.6 is 11.8 Å². The number of hydrogen-bond donors (Lipinski definition) is 0. The molecule has 1 aromatic rings. The molecule has 106 valence electrons. The molecule has 19 heavy (non-hydrogen) atoms. The van der Waals surface area contributed by atoms with E-state index in [2.05, 4.69) is 6.92 Å². The normalized spacial score (nSPS) is 12.2. The maximum atomic E-state index is 12.3. The molecule has 0 aromatic carbocycles. The molecule has 0 spiro atoms. The van der Waals surface area contributed by atoms with Crippen molar-refractivity contribution in [1.29, 1.82) is 0 Å². The second kappa shape index (κ2) is 7.38. The van der Waals surface area contributed by atoms with Crippen molar-refractivity contribution in [3.63, 3.8) is 0 Å². The van der Waals surface area contributed by atoms with Crippen LogP contribution in [0.5, 0.6) is 0 Å². The molecule has 4 nitrogen and oxygen atoms in total. The number of aryl methyl sites for hydroxylation is 1. The number of hydrogen-bond acceptors (Lipinski definition) is 3. The zero-order valence-corrected chi connectivity index (χ0v) is 12.9. The third kappa shape index (κ3) is 4.42. The van der Waals surface area contributed by atoms with E-state index in [0.29, 0.717) is 5.56 Å². The predicted molar refractivity (Wildman–Crippen MR) is 80.9 cm³/mol. The summed E-state index contributed by atoms with van der Waals surface area (Å²) in [6.45, 7) is 4.17. The molecular weight excluding hydrogens is 260 g/mol. The molecule has 0 saturated carbocycles. The van der Waals surface area contributed by atoms with Crippen LogP contribution < -0.4 is 5.56 Å². The Balaban J connectivity index is 2.70. The quantitative estimate of drug-likeness (QED) is 0.749. The molecule has 0 unspecified atom stereocenters. The summed E-state index contributed by atoms with van der Waals surface area (Å²) in [6.07, 6.45) is 2.59. The molecule has 0 saturated heterocycles. The first-order valence-electron chi connectivity index (χ1n) is 6.49. The number of aromatic nitrogens is 1. The lowest BCUT2D eigenvalue weighted by Gasteiger charge is -2.25. The van der Waals surface area contributed by atoms with Crippen LogP contribution in [-0.2, 0) is 7.05 Å². The Bertz CT molecular complexity index is 485. The SMILES string of the molecule is CCSCC[C@@H](C)N(C)C(=O)c1ccn(C)c(=O)c1. The average Bonchev–Trinajstić information content (AvgIpc) is 2.40. The second-order valence-electron chi connectivity index (χ2n) is 4.62. The van der Waals surface area contributed by atoms with E-state index in [0.717, 1.165) is 17.9 Å². The molecule has 0 aliphatic carbocycles. The van der Waals surface area contributed by atoms with Gasteiger partial charge in [0.25, 0.3) is 11.5 Å². The average molecular weight is 282 g/mol. The van der Waals surface area contributed by atoms with Gasteiger partial charge in [-0.25, -0.2) is 0 Å².